The van der Waals surface area contributed by atoms with Crippen molar-refractivity contribution in [3.8, 4) is 5.75 Å². The number of anilines is 1. The van der Waals surface area contributed by atoms with Crippen LogP contribution in [0.4, 0.5) is 5.69 Å². The van der Waals surface area contributed by atoms with E-state index in [9.17, 15) is 4.79 Å². The lowest BCUT2D eigenvalue weighted by atomic mass is 10.1. The van der Waals surface area contributed by atoms with E-state index in [0.717, 1.165) is 28.4 Å². The van der Waals surface area contributed by atoms with Gasteiger partial charge in [-0.1, -0.05) is 25.1 Å². The van der Waals surface area contributed by atoms with Crippen LogP contribution in [-0.4, -0.2) is 13.0 Å². The van der Waals surface area contributed by atoms with E-state index >= 15 is 0 Å². The van der Waals surface area contributed by atoms with Gasteiger partial charge in [0.25, 0.3) is 0 Å². The number of hydrogen-bond acceptors (Lipinski definition) is 3. The Morgan fingerprint density at radius 2 is 2.00 bits per heavy atom. The molecule has 0 saturated carbocycles. The summed E-state index contributed by atoms with van der Waals surface area (Å²) in [5.74, 6) is 0.616. The molecule has 0 bridgehead atoms. The standard InChI is InChI=1S/C17H17NO3/c1-3-6-17(19)18-13-10-15-12(9-16(13)20-2)11-7-4-5-8-14(11)21-15/h4-5,7-10H,3,6H2,1-2H3,(H,18,19). The number of furan rings is 1. The monoisotopic (exact) mass is 283 g/mol. The summed E-state index contributed by atoms with van der Waals surface area (Å²) in [6.45, 7) is 1.97. The van der Waals surface area contributed by atoms with E-state index in [1.165, 1.54) is 0 Å². The maximum Gasteiger partial charge on any atom is 0.224 e. The molecule has 0 aliphatic rings. The van der Waals surface area contributed by atoms with Crippen molar-refractivity contribution in [2.24, 2.45) is 0 Å². The van der Waals surface area contributed by atoms with Gasteiger partial charge in [-0.3, -0.25) is 4.79 Å². The summed E-state index contributed by atoms with van der Waals surface area (Å²) >= 11 is 0. The van der Waals surface area contributed by atoms with Crippen LogP contribution in [0, 0.1) is 0 Å². The summed E-state index contributed by atoms with van der Waals surface area (Å²) in [6, 6.07) is 11.6. The fourth-order valence-electron chi connectivity index (χ4n) is 2.46. The highest BCUT2D eigenvalue weighted by Crippen LogP contribution is 2.36. The van der Waals surface area contributed by atoms with Crippen LogP contribution in [0.25, 0.3) is 21.9 Å². The van der Waals surface area contributed by atoms with Gasteiger partial charge in [0, 0.05) is 23.3 Å². The molecule has 0 spiro atoms. The topological polar surface area (TPSA) is 51.5 Å². The minimum absolute atomic E-state index is 0.0220. The van der Waals surface area contributed by atoms with Gasteiger partial charge < -0.3 is 14.5 Å². The third-order valence-electron chi connectivity index (χ3n) is 3.45. The van der Waals surface area contributed by atoms with Gasteiger partial charge in [0.2, 0.25) is 5.91 Å². The molecule has 0 unspecified atom stereocenters. The second kappa shape index (κ2) is 5.48. The Morgan fingerprint density at radius 1 is 1.19 bits per heavy atom. The van der Waals surface area contributed by atoms with Gasteiger partial charge in [-0.25, -0.2) is 0 Å². The van der Waals surface area contributed by atoms with Crippen molar-refractivity contribution in [3.63, 3.8) is 0 Å². The van der Waals surface area contributed by atoms with Gasteiger partial charge in [0.05, 0.1) is 12.8 Å². The zero-order valence-electron chi connectivity index (χ0n) is 12.1. The van der Waals surface area contributed by atoms with E-state index in [4.69, 9.17) is 9.15 Å². The van der Waals surface area contributed by atoms with Crippen LogP contribution < -0.4 is 10.1 Å². The predicted octanol–water partition coefficient (Wildman–Crippen LogP) is 4.33. The van der Waals surface area contributed by atoms with E-state index < -0.39 is 0 Å². The number of nitrogens with one attached hydrogen (secondary N) is 1. The molecule has 1 amide bonds. The number of carbonyl (C=O) groups is 1. The molecule has 0 fully saturated rings. The Balaban J connectivity index is 2.12. The molecule has 21 heavy (non-hydrogen) atoms. The SMILES string of the molecule is CCCC(=O)Nc1cc2oc3ccccc3c2cc1OC. The molecule has 1 N–H and O–H groups in total. The predicted molar refractivity (Wildman–Crippen MR) is 83.8 cm³/mol. The van der Waals surface area contributed by atoms with Crippen LogP contribution in [0.15, 0.2) is 40.8 Å². The van der Waals surface area contributed by atoms with Crippen molar-refractivity contribution in [1.82, 2.24) is 0 Å². The molecule has 0 saturated heterocycles. The number of methoxy groups -OCH3 is 1. The highest BCUT2D eigenvalue weighted by atomic mass is 16.5. The molecule has 0 atom stereocenters. The van der Waals surface area contributed by atoms with Crippen LogP contribution in [-0.2, 0) is 4.79 Å². The van der Waals surface area contributed by atoms with Crippen LogP contribution in [0.1, 0.15) is 19.8 Å². The van der Waals surface area contributed by atoms with Gasteiger partial charge >= 0.3 is 0 Å². The first-order valence-electron chi connectivity index (χ1n) is 7.02. The molecule has 4 nitrogen and oxygen atoms in total. The summed E-state index contributed by atoms with van der Waals surface area (Å²) in [6.07, 6.45) is 1.29. The number of rotatable bonds is 4. The average molecular weight is 283 g/mol. The molecular weight excluding hydrogens is 266 g/mol. The summed E-state index contributed by atoms with van der Waals surface area (Å²) in [5, 5.41) is 4.90. The van der Waals surface area contributed by atoms with Gasteiger partial charge in [0.15, 0.2) is 0 Å². The quantitative estimate of drug-likeness (QED) is 0.775. The zero-order chi connectivity index (χ0) is 14.8. The number of hydrogen-bond donors (Lipinski definition) is 1. The zero-order valence-corrected chi connectivity index (χ0v) is 12.1. The van der Waals surface area contributed by atoms with Gasteiger partial charge in [0.1, 0.15) is 16.9 Å². The second-order valence-corrected chi connectivity index (χ2v) is 4.95. The number of ether oxygens (including phenoxy) is 1. The van der Waals surface area contributed by atoms with Crippen LogP contribution in [0.3, 0.4) is 0 Å². The van der Waals surface area contributed by atoms with Crippen molar-refractivity contribution < 1.29 is 13.9 Å². The minimum atomic E-state index is -0.0220. The largest absolute Gasteiger partial charge is 0.495 e. The van der Waals surface area contributed by atoms with Crippen molar-refractivity contribution in [2.45, 2.75) is 19.8 Å². The number of amides is 1. The molecule has 1 heterocycles. The molecule has 3 aromatic rings. The Morgan fingerprint density at radius 3 is 2.76 bits per heavy atom. The van der Waals surface area contributed by atoms with Crippen LogP contribution >= 0.6 is 0 Å². The fourth-order valence-corrected chi connectivity index (χ4v) is 2.46. The normalized spacial score (nSPS) is 11.0. The van der Waals surface area contributed by atoms with E-state index in [1.807, 2.05) is 43.3 Å². The number of benzene rings is 2. The van der Waals surface area contributed by atoms with Crippen molar-refractivity contribution in [3.05, 3.63) is 36.4 Å². The molecule has 2 aromatic carbocycles. The summed E-state index contributed by atoms with van der Waals surface area (Å²) < 4.78 is 11.2. The Kier molecular flexibility index (Phi) is 3.52. The minimum Gasteiger partial charge on any atom is -0.495 e. The van der Waals surface area contributed by atoms with Crippen molar-refractivity contribution >= 4 is 33.5 Å². The highest BCUT2D eigenvalue weighted by molar-refractivity contribution is 6.07. The number of para-hydroxylation sites is 1. The first-order chi connectivity index (χ1) is 10.2. The smallest absolute Gasteiger partial charge is 0.224 e. The molecule has 3 rings (SSSR count). The molecule has 1 aromatic heterocycles. The van der Waals surface area contributed by atoms with E-state index in [1.54, 1.807) is 7.11 Å². The average Bonchev–Trinajstić information content (AvgIpc) is 2.84. The van der Waals surface area contributed by atoms with Gasteiger partial charge in [-0.05, 0) is 18.6 Å². The molecule has 0 aliphatic heterocycles. The first-order valence-corrected chi connectivity index (χ1v) is 7.02. The highest BCUT2D eigenvalue weighted by Gasteiger charge is 2.13. The molecule has 108 valence electrons. The maximum atomic E-state index is 11.8. The fraction of sp³-hybridized carbons (Fsp3) is 0.235. The summed E-state index contributed by atoms with van der Waals surface area (Å²) in [7, 11) is 1.60. The van der Waals surface area contributed by atoms with E-state index in [0.29, 0.717) is 17.9 Å². The Labute approximate surface area is 122 Å². The van der Waals surface area contributed by atoms with Crippen LogP contribution in [0.5, 0.6) is 5.75 Å². The first kappa shape index (κ1) is 13.5. The van der Waals surface area contributed by atoms with Crippen molar-refractivity contribution in [1.29, 1.82) is 0 Å². The lowest BCUT2D eigenvalue weighted by molar-refractivity contribution is -0.116. The molecule has 4 heteroatoms. The summed E-state index contributed by atoms with van der Waals surface area (Å²) in [4.78, 5) is 11.8. The summed E-state index contributed by atoms with van der Waals surface area (Å²) in [5.41, 5.74) is 2.21. The lowest BCUT2D eigenvalue weighted by Gasteiger charge is -2.09. The third-order valence-corrected chi connectivity index (χ3v) is 3.45. The van der Waals surface area contributed by atoms with E-state index in [-0.39, 0.29) is 5.91 Å². The number of fused-ring (bicyclic) bond motifs is 3. The lowest BCUT2D eigenvalue weighted by Crippen LogP contribution is -2.11. The molecule has 0 aliphatic carbocycles. The van der Waals surface area contributed by atoms with Gasteiger partial charge in [-0.15, -0.1) is 0 Å². The van der Waals surface area contributed by atoms with E-state index in [2.05, 4.69) is 5.32 Å². The third kappa shape index (κ3) is 2.44. The Bertz CT molecular complexity index is 804. The maximum absolute atomic E-state index is 11.8. The molecular formula is C17H17NO3. The number of carbonyl (C=O) groups excluding carboxylic acids is 1. The van der Waals surface area contributed by atoms with Crippen molar-refractivity contribution in [2.75, 3.05) is 12.4 Å². The van der Waals surface area contributed by atoms with Crippen LogP contribution in [0.2, 0.25) is 0 Å². The van der Waals surface area contributed by atoms with Gasteiger partial charge in [-0.2, -0.15) is 0 Å². The second-order valence-electron chi connectivity index (χ2n) is 4.95. The Hall–Kier alpha value is -2.49. The molecule has 0 radical (unpaired) electrons.